The number of hydrogen-bond donors (Lipinski definition) is 2. The molecule has 0 aromatic carbocycles. The molecule has 4 heteroatoms. The fraction of sp³-hybridized carbons (Fsp3) is 0.562. The third-order valence-electron chi connectivity index (χ3n) is 4.02. The Bertz CT molecular complexity index is 471. The van der Waals surface area contributed by atoms with Gasteiger partial charge in [-0.05, 0) is 37.5 Å². The van der Waals surface area contributed by atoms with Gasteiger partial charge in [-0.3, -0.25) is 0 Å². The predicted molar refractivity (Wildman–Crippen MR) is 78.4 cm³/mol. The van der Waals surface area contributed by atoms with Gasteiger partial charge in [-0.1, -0.05) is 26.0 Å². The van der Waals surface area contributed by atoms with Crippen molar-refractivity contribution in [2.75, 3.05) is 7.11 Å². The Morgan fingerprint density at radius 1 is 1.50 bits per heavy atom. The molecule has 1 rings (SSSR count). The van der Waals surface area contributed by atoms with E-state index < -0.39 is 17.0 Å². The summed E-state index contributed by atoms with van der Waals surface area (Å²) >= 11 is 0. The molecule has 0 fully saturated rings. The second kappa shape index (κ2) is 5.94. The van der Waals surface area contributed by atoms with Gasteiger partial charge in [-0.15, -0.1) is 0 Å². The Kier molecular flexibility index (Phi) is 4.95. The van der Waals surface area contributed by atoms with Crippen molar-refractivity contribution in [1.82, 2.24) is 0 Å². The number of carboxylic acid groups (broad SMARTS) is 1. The highest BCUT2D eigenvalue weighted by Crippen LogP contribution is 2.45. The summed E-state index contributed by atoms with van der Waals surface area (Å²) in [5.41, 5.74) is -0.0920. The Balaban J connectivity index is 3.13. The maximum Gasteiger partial charge on any atom is 0.328 e. The summed E-state index contributed by atoms with van der Waals surface area (Å²) in [7, 11) is 1.66. The number of hydrogen-bond acceptors (Lipinski definition) is 3. The molecule has 0 unspecified atom stereocenters. The van der Waals surface area contributed by atoms with Crippen molar-refractivity contribution in [3.63, 3.8) is 0 Å². The van der Waals surface area contributed by atoms with Crippen LogP contribution in [0.5, 0.6) is 0 Å². The van der Waals surface area contributed by atoms with Crippen molar-refractivity contribution >= 4 is 5.97 Å². The molecule has 2 N–H and O–H groups in total. The number of carbonyl (C=O) groups is 1. The summed E-state index contributed by atoms with van der Waals surface area (Å²) in [6.07, 6.45) is 7.07. The number of allylic oxidation sites excluding steroid dienone is 2. The zero-order valence-corrected chi connectivity index (χ0v) is 12.8. The van der Waals surface area contributed by atoms with E-state index in [2.05, 4.69) is 0 Å². The van der Waals surface area contributed by atoms with Crippen molar-refractivity contribution in [1.29, 1.82) is 0 Å². The van der Waals surface area contributed by atoms with E-state index >= 15 is 0 Å². The molecule has 112 valence electrons. The molecule has 0 aromatic heterocycles. The molecule has 0 heterocycles. The van der Waals surface area contributed by atoms with Crippen LogP contribution in [-0.4, -0.2) is 35.0 Å². The van der Waals surface area contributed by atoms with Crippen molar-refractivity contribution in [3.05, 3.63) is 35.5 Å². The van der Waals surface area contributed by atoms with E-state index in [-0.39, 0.29) is 6.10 Å². The number of methoxy groups -OCH3 is 1. The van der Waals surface area contributed by atoms with Crippen molar-refractivity contribution in [2.24, 2.45) is 5.41 Å². The van der Waals surface area contributed by atoms with Crippen molar-refractivity contribution in [3.8, 4) is 0 Å². The summed E-state index contributed by atoms with van der Waals surface area (Å²) in [6.45, 7) is 7.53. The maximum atomic E-state index is 11.0. The SMILES string of the molecule is CO[C@@H]1C=C(C)[C@](O)(/C=C/C(C)=C\C(=O)O)C(C)(C)C1. The number of carboxylic acids is 1. The van der Waals surface area contributed by atoms with E-state index in [1.807, 2.05) is 26.8 Å². The molecule has 0 radical (unpaired) electrons. The lowest BCUT2D eigenvalue weighted by Gasteiger charge is -2.46. The molecule has 4 nitrogen and oxygen atoms in total. The smallest absolute Gasteiger partial charge is 0.328 e. The van der Waals surface area contributed by atoms with E-state index in [1.165, 1.54) is 0 Å². The number of aliphatic hydroxyl groups is 1. The van der Waals surface area contributed by atoms with Crippen molar-refractivity contribution < 1.29 is 19.7 Å². The third-order valence-corrected chi connectivity index (χ3v) is 4.02. The fourth-order valence-electron chi connectivity index (χ4n) is 2.66. The van der Waals surface area contributed by atoms with Gasteiger partial charge in [-0.2, -0.15) is 0 Å². The highest BCUT2D eigenvalue weighted by Gasteiger charge is 2.46. The number of ether oxygens (including phenoxy) is 1. The van der Waals surface area contributed by atoms with Crippen LogP contribution >= 0.6 is 0 Å². The third kappa shape index (κ3) is 3.38. The molecule has 0 spiro atoms. The molecule has 1 aliphatic carbocycles. The second-order valence-electron chi connectivity index (χ2n) is 6.04. The highest BCUT2D eigenvalue weighted by atomic mass is 16.5. The van der Waals surface area contributed by atoms with Gasteiger partial charge in [-0.25, -0.2) is 4.79 Å². The second-order valence-corrected chi connectivity index (χ2v) is 6.04. The maximum absolute atomic E-state index is 11.0. The quantitative estimate of drug-likeness (QED) is 0.472. The molecule has 1 aliphatic rings. The lowest BCUT2D eigenvalue weighted by molar-refractivity contribution is -0.131. The molecule has 0 amide bonds. The normalized spacial score (nSPS) is 30.4. The molecule has 0 saturated heterocycles. The first-order valence-corrected chi connectivity index (χ1v) is 6.67. The lowest BCUT2D eigenvalue weighted by Crippen LogP contribution is -2.49. The Morgan fingerprint density at radius 3 is 2.55 bits per heavy atom. The largest absolute Gasteiger partial charge is 0.478 e. The first-order chi connectivity index (χ1) is 9.12. The van der Waals surface area contributed by atoms with Gasteiger partial charge < -0.3 is 14.9 Å². The van der Waals surface area contributed by atoms with Gasteiger partial charge in [0.2, 0.25) is 0 Å². The van der Waals surface area contributed by atoms with E-state index in [0.29, 0.717) is 12.0 Å². The number of rotatable bonds is 4. The van der Waals surface area contributed by atoms with Crippen LogP contribution in [0.25, 0.3) is 0 Å². The van der Waals surface area contributed by atoms with Crippen LogP contribution in [0.3, 0.4) is 0 Å². The van der Waals surface area contributed by atoms with Gasteiger partial charge in [0.25, 0.3) is 0 Å². The molecule has 0 saturated carbocycles. The number of aliphatic carboxylic acids is 1. The van der Waals surface area contributed by atoms with Gasteiger partial charge in [0.1, 0.15) is 5.60 Å². The minimum absolute atomic E-state index is 0.00525. The van der Waals surface area contributed by atoms with E-state index in [1.54, 1.807) is 26.2 Å². The minimum Gasteiger partial charge on any atom is -0.478 e. The Hall–Kier alpha value is -1.39. The lowest BCUT2D eigenvalue weighted by atomic mass is 9.64. The Morgan fingerprint density at radius 2 is 2.10 bits per heavy atom. The van der Waals surface area contributed by atoms with Gasteiger partial charge >= 0.3 is 5.97 Å². The molecule has 0 aromatic rings. The summed E-state index contributed by atoms with van der Waals surface area (Å²) in [5, 5.41) is 19.7. The molecule has 0 bridgehead atoms. The summed E-state index contributed by atoms with van der Waals surface area (Å²) in [6, 6.07) is 0. The van der Waals surface area contributed by atoms with Crippen LogP contribution in [-0.2, 0) is 9.53 Å². The Labute approximate surface area is 120 Å². The molecular weight excluding hydrogens is 256 g/mol. The van der Waals surface area contributed by atoms with Crippen LogP contribution in [0.15, 0.2) is 35.5 Å². The molecule has 2 atom stereocenters. The minimum atomic E-state index is -1.10. The van der Waals surface area contributed by atoms with Crippen LogP contribution in [0.2, 0.25) is 0 Å². The zero-order valence-electron chi connectivity index (χ0n) is 12.8. The monoisotopic (exact) mass is 280 g/mol. The molecule has 20 heavy (non-hydrogen) atoms. The standard InChI is InChI=1S/C16H24O4/c1-11(8-14(17)18)6-7-16(19)12(2)9-13(20-5)10-15(16,3)4/h6-9,13,19H,10H2,1-5H3,(H,17,18)/b7-6+,11-8-/t13-,16-/m1/s1. The zero-order chi connectivity index (χ0) is 15.6. The average molecular weight is 280 g/mol. The van der Waals surface area contributed by atoms with Crippen LogP contribution < -0.4 is 0 Å². The predicted octanol–water partition coefficient (Wildman–Crippen LogP) is 2.70. The summed E-state index contributed by atoms with van der Waals surface area (Å²) < 4.78 is 5.37. The van der Waals surface area contributed by atoms with Crippen molar-refractivity contribution in [2.45, 2.75) is 45.8 Å². The van der Waals surface area contributed by atoms with E-state index in [9.17, 15) is 9.90 Å². The van der Waals surface area contributed by atoms with Gasteiger partial charge in [0, 0.05) is 18.6 Å². The summed E-state index contributed by atoms with van der Waals surface area (Å²) in [4.78, 5) is 10.6. The van der Waals surface area contributed by atoms with Gasteiger partial charge in [0.05, 0.1) is 6.10 Å². The molecule has 0 aliphatic heterocycles. The van der Waals surface area contributed by atoms with E-state index in [4.69, 9.17) is 9.84 Å². The van der Waals surface area contributed by atoms with Crippen LogP contribution in [0.4, 0.5) is 0 Å². The van der Waals surface area contributed by atoms with E-state index in [0.717, 1.165) is 11.6 Å². The topological polar surface area (TPSA) is 66.8 Å². The first-order valence-electron chi connectivity index (χ1n) is 6.67. The van der Waals surface area contributed by atoms with Crippen LogP contribution in [0.1, 0.15) is 34.1 Å². The van der Waals surface area contributed by atoms with Crippen LogP contribution in [0, 0.1) is 5.41 Å². The fourth-order valence-corrected chi connectivity index (χ4v) is 2.66. The first kappa shape index (κ1) is 16.7. The average Bonchev–Trinajstić information content (AvgIpc) is 2.32. The summed E-state index contributed by atoms with van der Waals surface area (Å²) in [5.74, 6) is -0.992. The highest BCUT2D eigenvalue weighted by molar-refractivity contribution is 5.81. The van der Waals surface area contributed by atoms with Gasteiger partial charge in [0.15, 0.2) is 0 Å². The molecular formula is C16H24O4.